The topological polar surface area (TPSA) is 47.6 Å². The van der Waals surface area contributed by atoms with E-state index in [0.717, 1.165) is 20.0 Å². The molecule has 5 heteroatoms. The van der Waals surface area contributed by atoms with E-state index in [4.69, 9.17) is 9.47 Å². The van der Waals surface area contributed by atoms with Gasteiger partial charge in [0.1, 0.15) is 0 Å². The maximum absolute atomic E-state index is 12.8. The lowest BCUT2D eigenvalue weighted by molar-refractivity contribution is 0.102. The Morgan fingerprint density at radius 1 is 1.00 bits per heavy atom. The van der Waals surface area contributed by atoms with E-state index in [1.54, 1.807) is 6.07 Å². The van der Waals surface area contributed by atoms with Crippen LogP contribution in [0.5, 0.6) is 11.5 Å². The number of fused-ring (bicyclic) bond motifs is 1. The van der Waals surface area contributed by atoms with Gasteiger partial charge in [-0.3, -0.25) is 4.79 Å². The highest BCUT2D eigenvalue weighted by atomic mass is 127. The van der Waals surface area contributed by atoms with E-state index >= 15 is 0 Å². The Hall–Kier alpha value is -2.28. The molecule has 26 heavy (non-hydrogen) atoms. The Balaban J connectivity index is 1.94. The molecule has 4 nitrogen and oxygen atoms in total. The van der Waals surface area contributed by atoms with Crippen LogP contribution in [0.25, 0.3) is 10.8 Å². The number of ether oxygens (including phenoxy) is 2. The number of anilines is 1. The van der Waals surface area contributed by atoms with Crippen LogP contribution in [0.15, 0.2) is 54.6 Å². The van der Waals surface area contributed by atoms with Gasteiger partial charge in [0.05, 0.1) is 16.8 Å². The van der Waals surface area contributed by atoms with Crippen molar-refractivity contribution in [1.82, 2.24) is 0 Å². The number of nitrogens with one attached hydrogen (secondary N) is 1. The average molecular weight is 461 g/mol. The number of benzene rings is 3. The molecular formula is C21H20INO3. The van der Waals surface area contributed by atoms with Gasteiger partial charge in [-0.15, -0.1) is 0 Å². The van der Waals surface area contributed by atoms with Gasteiger partial charge in [0.2, 0.25) is 0 Å². The zero-order valence-electron chi connectivity index (χ0n) is 14.7. The molecule has 0 aromatic heterocycles. The van der Waals surface area contributed by atoms with Crippen LogP contribution in [-0.2, 0) is 0 Å². The van der Waals surface area contributed by atoms with Gasteiger partial charge in [-0.2, -0.15) is 0 Å². The Kier molecular flexibility index (Phi) is 5.98. The highest BCUT2D eigenvalue weighted by molar-refractivity contribution is 14.1. The van der Waals surface area contributed by atoms with Crippen molar-refractivity contribution < 1.29 is 14.3 Å². The van der Waals surface area contributed by atoms with Crippen molar-refractivity contribution in [3.05, 3.63) is 63.7 Å². The maximum atomic E-state index is 12.8. The van der Waals surface area contributed by atoms with Gasteiger partial charge in [0.25, 0.3) is 5.91 Å². The number of hydrogen-bond donors (Lipinski definition) is 1. The second-order valence-corrected chi connectivity index (χ2v) is 6.79. The molecule has 1 amide bonds. The molecular weight excluding hydrogens is 441 g/mol. The fourth-order valence-electron chi connectivity index (χ4n) is 2.78. The van der Waals surface area contributed by atoms with Gasteiger partial charge in [-0.05, 0) is 60.0 Å². The molecule has 0 aliphatic heterocycles. The fraction of sp³-hybridized carbons (Fsp3) is 0.190. The number of hydrogen-bond acceptors (Lipinski definition) is 3. The molecule has 0 spiro atoms. The first-order valence-corrected chi connectivity index (χ1v) is 9.60. The monoisotopic (exact) mass is 461 g/mol. The summed E-state index contributed by atoms with van der Waals surface area (Å²) in [7, 11) is 0. The van der Waals surface area contributed by atoms with Crippen LogP contribution in [0.2, 0.25) is 0 Å². The zero-order valence-corrected chi connectivity index (χ0v) is 16.9. The van der Waals surface area contributed by atoms with Gasteiger partial charge in [-0.1, -0.05) is 36.4 Å². The van der Waals surface area contributed by atoms with Crippen molar-refractivity contribution in [2.75, 3.05) is 18.5 Å². The summed E-state index contributed by atoms with van der Waals surface area (Å²) < 4.78 is 12.2. The van der Waals surface area contributed by atoms with E-state index in [-0.39, 0.29) is 5.91 Å². The lowest BCUT2D eigenvalue weighted by atomic mass is 10.1. The first-order chi connectivity index (χ1) is 12.6. The standard InChI is InChI=1S/C21H20INO3/c1-3-25-19-13-15(12-17(22)20(19)26-4-2)21(24)23-18-11-7-9-14-8-5-6-10-16(14)18/h5-13H,3-4H2,1-2H3,(H,23,24). The highest BCUT2D eigenvalue weighted by Gasteiger charge is 2.16. The first kappa shape index (κ1) is 18.5. The quantitative estimate of drug-likeness (QED) is 0.494. The van der Waals surface area contributed by atoms with Crippen molar-refractivity contribution in [3.8, 4) is 11.5 Å². The minimum atomic E-state index is -0.178. The van der Waals surface area contributed by atoms with Crippen molar-refractivity contribution in [3.63, 3.8) is 0 Å². The summed E-state index contributed by atoms with van der Waals surface area (Å²) in [4.78, 5) is 12.8. The lowest BCUT2D eigenvalue weighted by Gasteiger charge is -2.15. The molecule has 0 bridgehead atoms. The second-order valence-electron chi connectivity index (χ2n) is 5.63. The van der Waals surface area contributed by atoms with Crippen molar-refractivity contribution >= 4 is 45.0 Å². The third-order valence-corrected chi connectivity index (χ3v) is 4.70. The van der Waals surface area contributed by atoms with Crippen LogP contribution in [-0.4, -0.2) is 19.1 Å². The average Bonchev–Trinajstić information content (AvgIpc) is 2.65. The van der Waals surface area contributed by atoms with Gasteiger partial charge >= 0.3 is 0 Å². The summed E-state index contributed by atoms with van der Waals surface area (Å²) in [5, 5.41) is 5.10. The van der Waals surface area contributed by atoms with E-state index in [1.807, 2.05) is 62.4 Å². The van der Waals surface area contributed by atoms with E-state index in [2.05, 4.69) is 27.9 Å². The summed E-state index contributed by atoms with van der Waals surface area (Å²) in [6.07, 6.45) is 0. The molecule has 3 aromatic carbocycles. The third-order valence-electron chi connectivity index (χ3n) is 3.90. The number of carbonyl (C=O) groups excluding carboxylic acids is 1. The molecule has 0 saturated heterocycles. The first-order valence-electron chi connectivity index (χ1n) is 8.52. The molecule has 0 heterocycles. The summed E-state index contributed by atoms with van der Waals surface area (Å²) in [6, 6.07) is 17.4. The summed E-state index contributed by atoms with van der Waals surface area (Å²) >= 11 is 2.17. The minimum Gasteiger partial charge on any atom is -0.490 e. The Morgan fingerprint density at radius 2 is 1.73 bits per heavy atom. The fourth-order valence-corrected chi connectivity index (χ4v) is 3.53. The van der Waals surface area contributed by atoms with E-state index in [1.165, 1.54) is 0 Å². The molecule has 0 aliphatic rings. The normalized spacial score (nSPS) is 10.6. The van der Waals surface area contributed by atoms with Gasteiger partial charge in [0, 0.05) is 16.6 Å². The summed E-state index contributed by atoms with van der Waals surface area (Å²) in [6.45, 7) is 4.88. The molecule has 0 atom stereocenters. The SMILES string of the molecule is CCOc1cc(C(=O)Nc2cccc3ccccc23)cc(I)c1OCC. The van der Waals surface area contributed by atoms with Gasteiger partial charge < -0.3 is 14.8 Å². The molecule has 1 N–H and O–H groups in total. The van der Waals surface area contributed by atoms with E-state index in [0.29, 0.717) is 30.3 Å². The maximum Gasteiger partial charge on any atom is 0.255 e. The Labute approximate surface area is 166 Å². The Bertz CT molecular complexity index is 934. The molecule has 3 aromatic rings. The Morgan fingerprint density at radius 3 is 2.50 bits per heavy atom. The number of halogens is 1. The van der Waals surface area contributed by atoms with E-state index < -0.39 is 0 Å². The summed E-state index contributed by atoms with van der Waals surface area (Å²) in [5.74, 6) is 1.09. The number of carbonyl (C=O) groups is 1. The van der Waals surface area contributed by atoms with Crippen LogP contribution in [0, 0.1) is 3.57 Å². The van der Waals surface area contributed by atoms with Crippen LogP contribution < -0.4 is 14.8 Å². The summed E-state index contributed by atoms with van der Waals surface area (Å²) in [5.41, 5.74) is 1.32. The van der Waals surface area contributed by atoms with Gasteiger partial charge in [-0.25, -0.2) is 0 Å². The van der Waals surface area contributed by atoms with Crippen molar-refractivity contribution in [2.45, 2.75) is 13.8 Å². The smallest absolute Gasteiger partial charge is 0.255 e. The predicted octanol–water partition coefficient (Wildman–Crippen LogP) is 5.49. The van der Waals surface area contributed by atoms with Crippen molar-refractivity contribution in [1.29, 1.82) is 0 Å². The number of amides is 1. The van der Waals surface area contributed by atoms with Crippen LogP contribution in [0.1, 0.15) is 24.2 Å². The second kappa shape index (κ2) is 8.40. The van der Waals surface area contributed by atoms with Crippen LogP contribution in [0.3, 0.4) is 0 Å². The lowest BCUT2D eigenvalue weighted by Crippen LogP contribution is -2.13. The molecule has 3 rings (SSSR count). The molecule has 0 radical (unpaired) electrons. The van der Waals surface area contributed by atoms with Gasteiger partial charge in [0.15, 0.2) is 11.5 Å². The third kappa shape index (κ3) is 3.93. The molecule has 0 unspecified atom stereocenters. The molecule has 0 aliphatic carbocycles. The highest BCUT2D eigenvalue weighted by Crippen LogP contribution is 2.34. The predicted molar refractivity (Wildman–Crippen MR) is 113 cm³/mol. The van der Waals surface area contributed by atoms with Crippen LogP contribution in [0.4, 0.5) is 5.69 Å². The van der Waals surface area contributed by atoms with Crippen molar-refractivity contribution in [2.24, 2.45) is 0 Å². The molecule has 0 fully saturated rings. The molecule has 134 valence electrons. The van der Waals surface area contributed by atoms with E-state index in [9.17, 15) is 4.79 Å². The minimum absolute atomic E-state index is 0.178. The number of rotatable bonds is 6. The molecule has 0 saturated carbocycles. The largest absolute Gasteiger partial charge is 0.490 e. The zero-order chi connectivity index (χ0) is 18.5. The van der Waals surface area contributed by atoms with Crippen LogP contribution >= 0.6 is 22.6 Å².